The van der Waals surface area contributed by atoms with Crippen molar-refractivity contribution in [1.29, 1.82) is 0 Å². The maximum absolute atomic E-state index is 6.14. The highest BCUT2D eigenvalue weighted by molar-refractivity contribution is 6.30. The smallest absolute Gasteiger partial charge is 0.154 e. The minimum atomic E-state index is 0.706. The number of aryl methyl sites for hydroxylation is 1. The molecule has 1 aliphatic heterocycles. The lowest BCUT2D eigenvalue weighted by Gasteiger charge is -2.09. The molecule has 0 saturated heterocycles. The Kier molecular flexibility index (Phi) is 2.79. The summed E-state index contributed by atoms with van der Waals surface area (Å²) in [6.07, 6.45) is 2.62. The molecule has 4 rings (SSSR count). The Labute approximate surface area is 127 Å². The van der Waals surface area contributed by atoms with E-state index >= 15 is 0 Å². The summed E-state index contributed by atoms with van der Waals surface area (Å²) in [6.45, 7) is 2.97. The third-order valence-corrected chi connectivity index (χ3v) is 4.04. The van der Waals surface area contributed by atoms with Gasteiger partial charge in [-0.2, -0.15) is 5.10 Å². The number of benzene rings is 1. The van der Waals surface area contributed by atoms with E-state index in [1.54, 1.807) is 6.26 Å². The number of furan rings is 1. The van der Waals surface area contributed by atoms with Crippen LogP contribution in [0.1, 0.15) is 11.1 Å². The number of anilines is 1. The fourth-order valence-electron chi connectivity index (χ4n) is 2.77. The molecule has 1 N–H and O–H groups in total. The van der Waals surface area contributed by atoms with Crippen molar-refractivity contribution in [2.24, 2.45) is 0 Å². The number of aromatic nitrogens is 2. The molecular weight excluding hydrogens is 286 g/mol. The molecule has 0 aliphatic carbocycles. The lowest BCUT2D eigenvalue weighted by Crippen LogP contribution is -2.05. The molecule has 106 valence electrons. The van der Waals surface area contributed by atoms with Gasteiger partial charge in [0, 0.05) is 17.1 Å². The summed E-state index contributed by atoms with van der Waals surface area (Å²) in [6, 6.07) is 9.66. The molecule has 1 aliphatic rings. The molecule has 0 spiro atoms. The molecule has 0 unspecified atom stereocenters. The minimum Gasteiger partial charge on any atom is -0.463 e. The second kappa shape index (κ2) is 4.67. The molecule has 0 atom stereocenters. The van der Waals surface area contributed by atoms with Crippen LogP contribution in [0, 0.1) is 6.92 Å². The molecule has 1 aromatic carbocycles. The van der Waals surface area contributed by atoms with Crippen LogP contribution in [-0.2, 0) is 6.42 Å². The largest absolute Gasteiger partial charge is 0.463 e. The van der Waals surface area contributed by atoms with E-state index in [1.807, 2.05) is 35.0 Å². The van der Waals surface area contributed by atoms with Gasteiger partial charge in [-0.05, 0) is 43.2 Å². The first-order chi connectivity index (χ1) is 10.2. The predicted molar refractivity (Wildman–Crippen MR) is 83.2 cm³/mol. The van der Waals surface area contributed by atoms with Crippen LogP contribution in [0.3, 0.4) is 0 Å². The van der Waals surface area contributed by atoms with Gasteiger partial charge < -0.3 is 9.73 Å². The van der Waals surface area contributed by atoms with Gasteiger partial charge in [0.2, 0.25) is 0 Å². The molecule has 0 bridgehead atoms. The Balaban J connectivity index is 1.95. The van der Waals surface area contributed by atoms with Crippen molar-refractivity contribution in [3.8, 4) is 17.1 Å². The number of halogens is 1. The Morgan fingerprint density at radius 1 is 1.33 bits per heavy atom. The van der Waals surface area contributed by atoms with Crippen molar-refractivity contribution >= 4 is 17.4 Å². The second-order valence-electron chi connectivity index (χ2n) is 5.17. The normalized spacial score (nSPS) is 13.2. The van der Waals surface area contributed by atoms with E-state index < -0.39 is 0 Å². The third kappa shape index (κ3) is 1.94. The monoisotopic (exact) mass is 299 g/mol. The van der Waals surface area contributed by atoms with Crippen molar-refractivity contribution in [3.63, 3.8) is 0 Å². The molecule has 3 heterocycles. The van der Waals surface area contributed by atoms with Gasteiger partial charge in [-0.15, -0.1) is 0 Å². The van der Waals surface area contributed by atoms with E-state index in [-0.39, 0.29) is 0 Å². The van der Waals surface area contributed by atoms with Crippen LogP contribution in [0.25, 0.3) is 17.1 Å². The molecule has 0 amide bonds. The predicted octanol–water partition coefficient (Wildman–Crippen LogP) is 4.06. The van der Waals surface area contributed by atoms with Crippen LogP contribution < -0.4 is 5.32 Å². The zero-order chi connectivity index (χ0) is 14.4. The van der Waals surface area contributed by atoms with Gasteiger partial charge >= 0.3 is 0 Å². The molecule has 3 aromatic rings. The first-order valence-electron chi connectivity index (χ1n) is 6.90. The molecule has 21 heavy (non-hydrogen) atoms. The zero-order valence-electron chi connectivity index (χ0n) is 11.6. The summed E-state index contributed by atoms with van der Waals surface area (Å²) >= 11 is 6.14. The van der Waals surface area contributed by atoms with Crippen LogP contribution in [0.4, 0.5) is 5.82 Å². The average Bonchev–Trinajstić information content (AvgIpc) is 3.16. The number of nitrogens with zero attached hydrogens (tertiary/aromatic N) is 2. The molecule has 0 fully saturated rings. The highest BCUT2D eigenvalue weighted by Crippen LogP contribution is 2.35. The van der Waals surface area contributed by atoms with Crippen LogP contribution in [0.2, 0.25) is 5.02 Å². The van der Waals surface area contributed by atoms with Crippen molar-refractivity contribution in [2.75, 3.05) is 11.9 Å². The van der Waals surface area contributed by atoms with Crippen LogP contribution in [0.15, 0.2) is 41.0 Å². The molecule has 0 saturated carbocycles. The molecule has 5 heteroatoms. The van der Waals surface area contributed by atoms with E-state index in [9.17, 15) is 0 Å². The van der Waals surface area contributed by atoms with Gasteiger partial charge in [0.05, 0.1) is 12.0 Å². The van der Waals surface area contributed by atoms with Gasteiger partial charge in [-0.3, -0.25) is 0 Å². The number of rotatable bonds is 2. The highest BCUT2D eigenvalue weighted by Gasteiger charge is 2.25. The Hall–Kier alpha value is -2.20. The van der Waals surface area contributed by atoms with Gasteiger partial charge in [-0.25, -0.2) is 4.68 Å². The topological polar surface area (TPSA) is 43.0 Å². The van der Waals surface area contributed by atoms with Crippen molar-refractivity contribution in [2.45, 2.75) is 13.3 Å². The lowest BCUT2D eigenvalue weighted by molar-refractivity contribution is 0.578. The minimum absolute atomic E-state index is 0.706. The summed E-state index contributed by atoms with van der Waals surface area (Å²) < 4.78 is 7.45. The summed E-state index contributed by atoms with van der Waals surface area (Å²) in [5.41, 5.74) is 4.22. The first kappa shape index (κ1) is 12.5. The SMILES string of the molecule is Cc1ccc(Cl)cc1-n1nc(-c2ccco2)c2c1NCC2. The standard InChI is InChI=1S/C16H14ClN3O/c1-10-4-5-11(17)9-13(10)20-16-12(6-7-18-16)15(19-20)14-3-2-8-21-14/h2-5,8-9,18H,6-7H2,1H3. The molecule has 0 radical (unpaired) electrons. The van der Waals surface area contributed by atoms with Gasteiger partial charge in [0.15, 0.2) is 5.76 Å². The Morgan fingerprint density at radius 3 is 3.05 bits per heavy atom. The van der Waals surface area contributed by atoms with Crippen molar-refractivity contribution < 1.29 is 4.42 Å². The summed E-state index contributed by atoms with van der Waals surface area (Å²) in [4.78, 5) is 0. The summed E-state index contributed by atoms with van der Waals surface area (Å²) in [7, 11) is 0. The maximum atomic E-state index is 6.14. The fraction of sp³-hybridized carbons (Fsp3) is 0.188. The second-order valence-corrected chi connectivity index (χ2v) is 5.61. The van der Waals surface area contributed by atoms with Crippen LogP contribution in [0.5, 0.6) is 0 Å². The van der Waals surface area contributed by atoms with E-state index in [0.29, 0.717) is 5.02 Å². The van der Waals surface area contributed by atoms with Gasteiger partial charge in [-0.1, -0.05) is 17.7 Å². The van der Waals surface area contributed by atoms with Crippen molar-refractivity contribution in [3.05, 3.63) is 52.7 Å². The van der Waals surface area contributed by atoms with E-state index in [0.717, 1.165) is 41.5 Å². The Morgan fingerprint density at radius 2 is 2.24 bits per heavy atom. The number of hydrogen-bond donors (Lipinski definition) is 1. The quantitative estimate of drug-likeness (QED) is 0.776. The Bertz CT molecular complexity index is 805. The van der Waals surface area contributed by atoms with Gasteiger partial charge in [0.25, 0.3) is 0 Å². The van der Waals surface area contributed by atoms with Crippen molar-refractivity contribution in [1.82, 2.24) is 9.78 Å². The first-order valence-corrected chi connectivity index (χ1v) is 7.28. The lowest BCUT2D eigenvalue weighted by atomic mass is 10.1. The number of fused-ring (bicyclic) bond motifs is 1. The fourth-order valence-corrected chi connectivity index (χ4v) is 2.94. The molecular formula is C16H14ClN3O. The number of hydrogen-bond acceptors (Lipinski definition) is 3. The van der Waals surface area contributed by atoms with Crippen LogP contribution >= 0.6 is 11.6 Å². The van der Waals surface area contributed by atoms with E-state index in [2.05, 4.69) is 12.2 Å². The van der Waals surface area contributed by atoms with Gasteiger partial charge in [0.1, 0.15) is 11.5 Å². The summed E-state index contributed by atoms with van der Waals surface area (Å²) in [5.74, 6) is 1.83. The van der Waals surface area contributed by atoms with E-state index in [4.69, 9.17) is 21.1 Å². The molecule has 4 nitrogen and oxygen atoms in total. The summed E-state index contributed by atoms with van der Waals surface area (Å²) in [5, 5.41) is 8.87. The molecule has 2 aromatic heterocycles. The maximum Gasteiger partial charge on any atom is 0.154 e. The highest BCUT2D eigenvalue weighted by atomic mass is 35.5. The van der Waals surface area contributed by atoms with Crippen LogP contribution in [-0.4, -0.2) is 16.3 Å². The number of nitrogens with one attached hydrogen (secondary N) is 1. The average molecular weight is 300 g/mol. The zero-order valence-corrected chi connectivity index (χ0v) is 12.3. The van der Waals surface area contributed by atoms with E-state index in [1.165, 1.54) is 5.56 Å². The third-order valence-electron chi connectivity index (χ3n) is 3.80.